The zero-order valence-corrected chi connectivity index (χ0v) is 17.9. The van der Waals surface area contributed by atoms with Gasteiger partial charge in [-0.25, -0.2) is 15.0 Å². The Bertz CT molecular complexity index is 1060. The van der Waals surface area contributed by atoms with E-state index in [2.05, 4.69) is 20.3 Å². The predicted molar refractivity (Wildman–Crippen MR) is 114 cm³/mol. The Labute approximate surface area is 182 Å². The van der Waals surface area contributed by atoms with Crippen LogP contribution in [-0.2, 0) is 11.8 Å². The molecule has 0 radical (unpaired) electrons. The maximum Gasteiger partial charge on any atom is 0.416 e. The summed E-state index contributed by atoms with van der Waals surface area (Å²) in [5.74, 6) is 0.460. The van der Waals surface area contributed by atoms with Crippen molar-refractivity contribution in [2.45, 2.75) is 57.2 Å². The van der Waals surface area contributed by atoms with Crippen LogP contribution in [0.5, 0.6) is 0 Å². The first-order valence-corrected chi connectivity index (χ1v) is 11.0. The number of aliphatic hydroxyl groups is 1. The highest BCUT2D eigenvalue weighted by Gasteiger charge is 2.33. The summed E-state index contributed by atoms with van der Waals surface area (Å²) in [6, 6.07) is 5.51. The van der Waals surface area contributed by atoms with Crippen LogP contribution in [0.25, 0.3) is 10.6 Å². The number of hydrogen-bond acceptors (Lipinski definition) is 6. The van der Waals surface area contributed by atoms with Crippen molar-refractivity contribution < 1.29 is 18.3 Å². The van der Waals surface area contributed by atoms with Crippen molar-refractivity contribution in [2.75, 3.05) is 5.32 Å². The molecule has 0 bridgehead atoms. The monoisotopic (exact) mass is 448 g/mol. The van der Waals surface area contributed by atoms with Crippen molar-refractivity contribution >= 4 is 23.0 Å². The minimum Gasteiger partial charge on any atom is -0.383 e. The summed E-state index contributed by atoms with van der Waals surface area (Å²) in [7, 11) is 0. The molecule has 164 valence electrons. The van der Waals surface area contributed by atoms with Crippen LogP contribution in [0, 0.1) is 6.92 Å². The zero-order chi connectivity index (χ0) is 22.1. The van der Waals surface area contributed by atoms with Gasteiger partial charge in [0.25, 0.3) is 0 Å². The molecule has 0 atom stereocenters. The molecule has 0 spiro atoms. The Morgan fingerprint density at radius 1 is 1.03 bits per heavy atom. The van der Waals surface area contributed by atoms with Gasteiger partial charge in [-0.05, 0) is 49.6 Å². The summed E-state index contributed by atoms with van der Waals surface area (Å²) in [6.45, 7) is 1.89. The first-order chi connectivity index (χ1) is 14.7. The molecular formula is C22H23F3N4OS. The van der Waals surface area contributed by atoms with Gasteiger partial charge in [0.15, 0.2) is 0 Å². The third-order valence-electron chi connectivity index (χ3n) is 5.40. The molecule has 5 nitrogen and oxygen atoms in total. The molecular weight excluding hydrogens is 425 g/mol. The number of hydrogen-bond donors (Lipinski definition) is 2. The minimum atomic E-state index is -4.44. The Balaban J connectivity index is 1.60. The molecule has 9 heteroatoms. The van der Waals surface area contributed by atoms with E-state index in [4.69, 9.17) is 0 Å². The molecule has 3 aromatic rings. The van der Waals surface area contributed by atoms with Crippen LogP contribution in [-0.4, -0.2) is 20.1 Å². The van der Waals surface area contributed by atoms with Gasteiger partial charge in [-0.2, -0.15) is 13.2 Å². The fourth-order valence-electron chi connectivity index (χ4n) is 3.80. The van der Waals surface area contributed by atoms with E-state index < -0.39 is 17.3 Å². The van der Waals surface area contributed by atoms with E-state index in [1.807, 2.05) is 13.0 Å². The second-order valence-electron chi connectivity index (χ2n) is 7.94. The average Bonchev–Trinajstić information content (AvgIpc) is 3.11. The first kappa shape index (κ1) is 21.7. The van der Waals surface area contributed by atoms with Crippen molar-refractivity contribution in [1.82, 2.24) is 15.0 Å². The number of aromatic nitrogens is 3. The molecule has 0 amide bonds. The molecule has 3 heterocycles. The molecule has 2 N–H and O–H groups in total. The molecule has 31 heavy (non-hydrogen) atoms. The Morgan fingerprint density at radius 2 is 1.77 bits per heavy atom. The van der Waals surface area contributed by atoms with Crippen LogP contribution in [0.1, 0.15) is 54.7 Å². The van der Waals surface area contributed by atoms with Crippen LogP contribution in [0.2, 0.25) is 0 Å². The van der Waals surface area contributed by atoms with E-state index in [-0.39, 0.29) is 5.82 Å². The summed E-state index contributed by atoms with van der Waals surface area (Å²) in [6.07, 6.45) is 3.99. The van der Waals surface area contributed by atoms with E-state index in [1.54, 1.807) is 12.3 Å². The van der Waals surface area contributed by atoms with Crippen LogP contribution in [0.15, 0.2) is 36.7 Å². The molecule has 3 aromatic heterocycles. The molecule has 4 rings (SSSR count). The van der Waals surface area contributed by atoms with Gasteiger partial charge in [0.2, 0.25) is 0 Å². The number of nitrogens with zero attached hydrogens (tertiary/aromatic N) is 3. The summed E-state index contributed by atoms with van der Waals surface area (Å²) >= 11 is 1.41. The van der Waals surface area contributed by atoms with Crippen molar-refractivity contribution in [3.8, 4) is 10.6 Å². The van der Waals surface area contributed by atoms with E-state index >= 15 is 0 Å². The number of rotatable bonds is 4. The number of thiazole rings is 1. The van der Waals surface area contributed by atoms with Gasteiger partial charge < -0.3 is 10.4 Å². The third kappa shape index (κ3) is 5.04. The lowest BCUT2D eigenvalue weighted by atomic mass is 9.95. The van der Waals surface area contributed by atoms with Crippen molar-refractivity contribution in [2.24, 2.45) is 0 Å². The van der Waals surface area contributed by atoms with Crippen molar-refractivity contribution in [1.29, 1.82) is 0 Å². The lowest BCUT2D eigenvalue weighted by Crippen LogP contribution is -2.24. The van der Waals surface area contributed by atoms with Gasteiger partial charge in [0.1, 0.15) is 22.2 Å². The van der Waals surface area contributed by atoms with Crippen LogP contribution >= 0.6 is 11.3 Å². The highest BCUT2D eigenvalue weighted by molar-refractivity contribution is 7.15. The van der Waals surface area contributed by atoms with Crippen LogP contribution in [0.4, 0.5) is 24.8 Å². The molecule has 0 saturated heterocycles. The Hall–Kier alpha value is -2.52. The van der Waals surface area contributed by atoms with E-state index in [1.165, 1.54) is 11.3 Å². The van der Waals surface area contributed by atoms with Crippen LogP contribution in [0.3, 0.4) is 0 Å². The number of anilines is 2. The molecule has 1 fully saturated rings. The second kappa shape index (κ2) is 8.55. The predicted octanol–water partition coefficient (Wildman–Crippen LogP) is 6.21. The molecule has 0 aliphatic heterocycles. The smallest absolute Gasteiger partial charge is 0.383 e. The standard InChI is InChI=1S/C22H23F3N4OS/c1-14-10-16(17-13-27-20(31-17)21(30)7-4-2-3-5-8-21)28-19(11-14)29-18-12-15(6-9-26-18)22(23,24)25/h6,9-13,30H,2-5,7-8H2,1H3,(H,26,28,29). The molecule has 1 saturated carbocycles. The average molecular weight is 449 g/mol. The lowest BCUT2D eigenvalue weighted by Gasteiger charge is -2.23. The Morgan fingerprint density at radius 3 is 2.48 bits per heavy atom. The molecule has 0 unspecified atom stereocenters. The van der Waals surface area contributed by atoms with Gasteiger partial charge in [-0.3, -0.25) is 0 Å². The fraction of sp³-hybridized carbons (Fsp3) is 0.409. The van der Waals surface area contributed by atoms with Crippen LogP contribution < -0.4 is 5.32 Å². The zero-order valence-electron chi connectivity index (χ0n) is 17.0. The number of pyridine rings is 2. The first-order valence-electron chi connectivity index (χ1n) is 10.2. The molecule has 1 aliphatic carbocycles. The number of nitrogens with one attached hydrogen (secondary N) is 1. The van der Waals surface area contributed by atoms with E-state index in [9.17, 15) is 18.3 Å². The molecule has 0 aromatic carbocycles. The number of alkyl halides is 3. The van der Waals surface area contributed by atoms with E-state index in [0.29, 0.717) is 29.4 Å². The Kier molecular flexibility index (Phi) is 5.98. The second-order valence-corrected chi connectivity index (χ2v) is 8.97. The topological polar surface area (TPSA) is 70.9 Å². The maximum atomic E-state index is 13.0. The number of aryl methyl sites for hydroxylation is 1. The summed E-state index contributed by atoms with van der Waals surface area (Å²) < 4.78 is 38.9. The summed E-state index contributed by atoms with van der Waals surface area (Å²) in [4.78, 5) is 13.8. The van der Waals surface area contributed by atoms with Crippen molar-refractivity contribution in [3.63, 3.8) is 0 Å². The largest absolute Gasteiger partial charge is 0.416 e. The quantitative estimate of drug-likeness (QED) is 0.464. The van der Waals surface area contributed by atoms with Gasteiger partial charge in [-0.15, -0.1) is 11.3 Å². The molecule has 1 aliphatic rings. The summed E-state index contributed by atoms with van der Waals surface area (Å²) in [5.41, 5.74) is -0.133. The third-order valence-corrected chi connectivity index (χ3v) is 6.61. The maximum absolute atomic E-state index is 13.0. The highest BCUT2D eigenvalue weighted by atomic mass is 32.1. The van der Waals surface area contributed by atoms with Gasteiger partial charge in [0.05, 0.1) is 16.1 Å². The number of halogens is 3. The highest BCUT2D eigenvalue weighted by Crippen LogP contribution is 2.40. The normalized spacial score (nSPS) is 16.7. The van der Waals surface area contributed by atoms with Crippen molar-refractivity contribution in [3.05, 3.63) is 52.8 Å². The fourth-order valence-corrected chi connectivity index (χ4v) is 4.82. The SMILES string of the molecule is Cc1cc(Nc2cc(C(F)(F)F)ccn2)nc(-c2cnc(C3(O)CCCCCC3)s2)c1. The lowest BCUT2D eigenvalue weighted by molar-refractivity contribution is -0.137. The summed E-state index contributed by atoms with van der Waals surface area (Å²) in [5, 5.41) is 14.7. The van der Waals surface area contributed by atoms with E-state index in [0.717, 1.165) is 54.5 Å². The van der Waals surface area contributed by atoms with Gasteiger partial charge >= 0.3 is 6.18 Å². The minimum absolute atomic E-state index is 0.0663. The van der Waals surface area contributed by atoms with Gasteiger partial charge in [-0.1, -0.05) is 25.7 Å². The van der Waals surface area contributed by atoms with Gasteiger partial charge in [0, 0.05) is 12.4 Å².